The van der Waals surface area contributed by atoms with E-state index >= 15 is 0 Å². The molecular weight excluding hydrogens is 282 g/mol. The molecule has 2 aromatic rings. The van der Waals surface area contributed by atoms with Gasteiger partial charge in [0.1, 0.15) is 11.4 Å². The fourth-order valence-corrected chi connectivity index (χ4v) is 2.78. The predicted molar refractivity (Wildman–Crippen MR) is 82.3 cm³/mol. The van der Waals surface area contributed by atoms with Crippen LogP contribution in [0.3, 0.4) is 0 Å². The number of amides is 1. The number of rotatable bonds is 3. The van der Waals surface area contributed by atoms with Crippen molar-refractivity contribution in [3.05, 3.63) is 29.6 Å². The van der Waals surface area contributed by atoms with Gasteiger partial charge in [0, 0.05) is 33.1 Å². The molecule has 1 aromatic carbocycles. The maximum absolute atomic E-state index is 12.2. The number of aryl methyl sites for hydroxylation is 2. The zero-order valence-electron chi connectivity index (χ0n) is 12.9. The average molecular weight is 303 g/mol. The standard InChI is InChI=1S/C16H21N3O3/c1-11-3-4-13-12(9-11)18-14(19(13)2)10-17-15(20)16(21)5-7-22-8-6-16/h3-4,9,21H,5-8,10H2,1-2H3,(H,17,20). The van der Waals surface area contributed by atoms with Crippen molar-refractivity contribution in [2.75, 3.05) is 13.2 Å². The minimum atomic E-state index is -1.32. The topological polar surface area (TPSA) is 76.4 Å². The van der Waals surface area contributed by atoms with E-state index in [1.807, 2.05) is 36.7 Å². The van der Waals surface area contributed by atoms with Gasteiger partial charge in [0.15, 0.2) is 0 Å². The number of hydrogen-bond donors (Lipinski definition) is 2. The molecule has 0 unspecified atom stereocenters. The number of aromatic nitrogens is 2. The molecule has 2 N–H and O–H groups in total. The van der Waals surface area contributed by atoms with E-state index in [2.05, 4.69) is 10.3 Å². The van der Waals surface area contributed by atoms with Crippen molar-refractivity contribution in [3.63, 3.8) is 0 Å². The Bertz CT molecular complexity index is 702. The van der Waals surface area contributed by atoms with E-state index < -0.39 is 5.60 Å². The molecule has 0 spiro atoms. The highest BCUT2D eigenvalue weighted by atomic mass is 16.5. The average Bonchev–Trinajstić information content (AvgIpc) is 2.81. The third-order valence-corrected chi connectivity index (χ3v) is 4.28. The highest BCUT2D eigenvalue weighted by molar-refractivity contribution is 5.85. The first-order valence-electron chi connectivity index (χ1n) is 7.50. The number of benzene rings is 1. The summed E-state index contributed by atoms with van der Waals surface area (Å²) >= 11 is 0. The molecule has 0 bridgehead atoms. The lowest BCUT2D eigenvalue weighted by Gasteiger charge is -2.30. The van der Waals surface area contributed by atoms with Gasteiger partial charge >= 0.3 is 0 Å². The van der Waals surface area contributed by atoms with Gasteiger partial charge < -0.3 is 19.7 Å². The molecule has 1 amide bonds. The molecule has 0 atom stereocenters. The second kappa shape index (κ2) is 5.70. The Morgan fingerprint density at radius 1 is 1.45 bits per heavy atom. The van der Waals surface area contributed by atoms with E-state index in [1.165, 1.54) is 0 Å². The first-order valence-corrected chi connectivity index (χ1v) is 7.50. The highest BCUT2D eigenvalue weighted by Gasteiger charge is 2.37. The van der Waals surface area contributed by atoms with Gasteiger partial charge in [0.05, 0.1) is 17.6 Å². The number of aliphatic hydroxyl groups is 1. The number of ether oxygens (including phenoxy) is 1. The third kappa shape index (κ3) is 2.71. The van der Waals surface area contributed by atoms with E-state index in [9.17, 15) is 9.90 Å². The Labute approximate surface area is 129 Å². The van der Waals surface area contributed by atoms with Gasteiger partial charge in [0.2, 0.25) is 0 Å². The van der Waals surface area contributed by atoms with Crippen LogP contribution in [0.4, 0.5) is 0 Å². The number of carbonyl (C=O) groups excluding carboxylic acids is 1. The Kier molecular flexibility index (Phi) is 3.88. The number of fused-ring (bicyclic) bond motifs is 1. The van der Waals surface area contributed by atoms with Gasteiger partial charge in [-0.2, -0.15) is 0 Å². The molecule has 3 rings (SSSR count). The quantitative estimate of drug-likeness (QED) is 0.888. The molecule has 1 aromatic heterocycles. The van der Waals surface area contributed by atoms with Crippen LogP contribution < -0.4 is 5.32 Å². The minimum Gasteiger partial charge on any atom is -0.381 e. The Balaban J connectivity index is 1.73. The SMILES string of the molecule is Cc1ccc2c(c1)nc(CNC(=O)C1(O)CCOCC1)n2C. The van der Waals surface area contributed by atoms with Gasteiger partial charge in [-0.25, -0.2) is 4.98 Å². The number of nitrogens with one attached hydrogen (secondary N) is 1. The van der Waals surface area contributed by atoms with Crippen molar-refractivity contribution >= 4 is 16.9 Å². The van der Waals surface area contributed by atoms with Crippen LogP contribution in [0.2, 0.25) is 0 Å². The third-order valence-electron chi connectivity index (χ3n) is 4.28. The van der Waals surface area contributed by atoms with Crippen LogP contribution in [0.1, 0.15) is 24.2 Å². The smallest absolute Gasteiger partial charge is 0.252 e. The second-order valence-electron chi connectivity index (χ2n) is 5.91. The van der Waals surface area contributed by atoms with Gasteiger partial charge in [-0.1, -0.05) is 6.07 Å². The summed E-state index contributed by atoms with van der Waals surface area (Å²) in [6, 6.07) is 6.08. The van der Waals surface area contributed by atoms with Crippen LogP contribution in [0.15, 0.2) is 18.2 Å². The summed E-state index contributed by atoms with van der Waals surface area (Å²) < 4.78 is 7.15. The van der Waals surface area contributed by atoms with Crippen molar-refractivity contribution < 1.29 is 14.6 Å². The Morgan fingerprint density at radius 3 is 2.91 bits per heavy atom. The summed E-state index contributed by atoms with van der Waals surface area (Å²) in [5, 5.41) is 13.1. The summed E-state index contributed by atoms with van der Waals surface area (Å²) in [7, 11) is 1.93. The molecule has 6 heteroatoms. The summed E-state index contributed by atoms with van der Waals surface area (Å²) in [5.74, 6) is 0.420. The van der Waals surface area contributed by atoms with E-state index in [-0.39, 0.29) is 5.91 Å². The van der Waals surface area contributed by atoms with Crippen LogP contribution in [0.25, 0.3) is 11.0 Å². The number of imidazole rings is 1. The van der Waals surface area contributed by atoms with Crippen LogP contribution in [-0.2, 0) is 23.1 Å². The Morgan fingerprint density at radius 2 is 2.18 bits per heavy atom. The maximum Gasteiger partial charge on any atom is 0.252 e. The lowest BCUT2D eigenvalue weighted by molar-refractivity contribution is -0.149. The summed E-state index contributed by atoms with van der Waals surface area (Å²) in [4.78, 5) is 16.8. The lowest BCUT2D eigenvalue weighted by Crippen LogP contribution is -2.50. The zero-order chi connectivity index (χ0) is 15.7. The molecule has 1 saturated heterocycles. The van der Waals surface area contributed by atoms with Gasteiger partial charge in [-0.05, 0) is 24.6 Å². The van der Waals surface area contributed by atoms with Crippen molar-refractivity contribution in [1.29, 1.82) is 0 Å². The van der Waals surface area contributed by atoms with Crippen LogP contribution in [0.5, 0.6) is 0 Å². The summed E-state index contributed by atoms with van der Waals surface area (Å²) in [5.41, 5.74) is 1.77. The molecular formula is C16H21N3O3. The van der Waals surface area contributed by atoms with E-state index in [4.69, 9.17) is 4.74 Å². The second-order valence-corrected chi connectivity index (χ2v) is 5.91. The molecule has 118 valence electrons. The highest BCUT2D eigenvalue weighted by Crippen LogP contribution is 2.21. The van der Waals surface area contributed by atoms with E-state index in [0.29, 0.717) is 32.6 Å². The largest absolute Gasteiger partial charge is 0.381 e. The van der Waals surface area contributed by atoms with Crippen molar-refractivity contribution in [3.8, 4) is 0 Å². The summed E-state index contributed by atoms with van der Waals surface area (Å²) in [6.07, 6.45) is 0.668. The normalized spacial score (nSPS) is 17.6. The monoisotopic (exact) mass is 303 g/mol. The van der Waals surface area contributed by atoms with E-state index in [0.717, 1.165) is 22.4 Å². The number of hydrogen-bond acceptors (Lipinski definition) is 4. The molecule has 1 aliphatic rings. The van der Waals surface area contributed by atoms with Crippen molar-refractivity contribution in [2.24, 2.45) is 7.05 Å². The zero-order valence-corrected chi connectivity index (χ0v) is 12.9. The number of nitrogens with zero attached hydrogens (tertiary/aromatic N) is 2. The van der Waals surface area contributed by atoms with Crippen LogP contribution in [-0.4, -0.2) is 39.4 Å². The van der Waals surface area contributed by atoms with Crippen molar-refractivity contribution in [1.82, 2.24) is 14.9 Å². The fourth-order valence-electron chi connectivity index (χ4n) is 2.78. The van der Waals surface area contributed by atoms with Crippen LogP contribution in [0, 0.1) is 6.92 Å². The number of carbonyl (C=O) groups is 1. The molecule has 0 aliphatic carbocycles. The Hall–Kier alpha value is -1.92. The first-order chi connectivity index (χ1) is 10.5. The summed E-state index contributed by atoms with van der Waals surface area (Å²) in [6.45, 7) is 3.15. The molecule has 6 nitrogen and oxygen atoms in total. The van der Waals surface area contributed by atoms with Gasteiger partial charge in [0.25, 0.3) is 5.91 Å². The predicted octanol–water partition coefficient (Wildman–Crippen LogP) is 1.04. The maximum atomic E-state index is 12.2. The van der Waals surface area contributed by atoms with Gasteiger partial charge in [-0.3, -0.25) is 4.79 Å². The molecule has 1 aliphatic heterocycles. The van der Waals surface area contributed by atoms with E-state index in [1.54, 1.807) is 0 Å². The molecule has 2 heterocycles. The lowest BCUT2D eigenvalue weighted by atomic mass is 9.93. The first kappa shape index (κ1) is 15.0. The molecule has 0 radical (unpaired) electrons. The molecule has 1 fully saturated rings. The van der Waals surface area contributed by atoms with Gasteiger partial charge in [-0.15, -0.1) is 0 Å². The minimum absolute atomic E-state index is 0.298. The molecule has 0 saturated carbocycles. The van der Waals surface area contributed by atoms with Crippen LogP contribution >= 0.6 is 0 Å². The molecule has 22 heavy (non-hydrogen) atoms. The fraction of sp³-hybridized carbons (Fsp3) is 0.500. The van der Waals surface area contributed by atoms with Crippen molar-refractivity contribution in [2.45, 2.75) is 31.9 Å².